The SMILES string of the molecule is CCN1CCN(C(=O)NCC2CC=CCC2)CC1. The van der Waals surface area contributed by atoms with Crippen LogP contribution in [0.5, 0.6) is 0 Å². The van der Waals surface area contributed by atoms with Crippen LogP contribution in [0.4, 0.5) is 4.79 Å². The maximum Gasteiger partial charge on any atom is 0.317 e. The van der Waals surface area contributed by atoms with Crippen molar-refractivity contribution in [1.82, 2.24) is 15.1 Å². The van der Waals surface area contributed by atoms with Gasteiger partial charge in [-0.05, 0) is 31.7 Å². The summed E-state index contributed by atoms with van der Waals surface area (Å²) in [5, 5.41) is 3.09. The lowest BCUT2D eigenvalue weighted by Crippen LogP contribution is -2.52. The minimum absolute atomic E-state index is 0.125. The van der Waals surface area contributed by atoms with Gasteiger partial charge in [0.25, 0.3) is 0 Å². The highest BCUT2D eigenvalue weighted by Gasteiger charge is 2.20. The van der Waals surface area contributed by atoms with Crippen molar-refractivity contribution in [3.63, 3.8) is 0 Å². The van der Waals surface area contributed by atoms with Gasteiger partial charge in [0.15, 0.2) is 0 Å². The molecule has 1 saturated heterocycles. The average Bonchev–Trinajstić information content (AvgIpc) is 2.46. The number of urea groups is 1. The Balaban J connectivity index is 1.67. The van der Waals surface area contributed by atoms with E-state index in [1.807, 2.05) is 4.90 Å². The Hall–Kier alpha value is -1.03. The number of piperazine rings is 1. The Bertz CT molecular complexity index is 295. The van der Waals surface area contributed by atoms with Gasteiger partial charge < -0.3 is 15.1 Å². The molecule has 0 radical (unpaired) electrons. The molecule has 0 aromatic rings. The lowest BCUT2D eigenvalue weighted by Gasteiger charge is -2.34. The summed E-state index contributed by atoms with van der Waals surface area (Å²) >= 11 is 0. The van der Waals surface area contributed by atoms with Crippen LogP contribution in [0, 0.1) is 5.92 Å². The number of likely N-dealkylation sites (N-methyl/N-ethyl adjacent to an activating group) is 1. The summed E-state index contributed by atoms with van der Waals surface area (Å²) in [5.74, 6) is 0.635. The minimum atomic E-state index is 0.125. The number of amides is 2. The van der Waals surface area contributed by atoms with Gasteiger partial charge in [0, 0.05) is 32.7 Å². The third kappa shape index (κ3) is 3.73. The van der Waals surface area contributed by atoms with Crippen LogP contribution in [0.2, 0.25) is 0 Å². The summed E-state index contributed by atoms with van der Waals surface area (Å²) in [6, 6.07) is 0.125. The highest BCUT2D eigenvalue weighted by atomic mass is 16.2. The smallest absolute Gasteiger partial charge is 0.317 e. The maximum atomic E-state index is 12.0. The zero-order valence-electron chi connectivity index (χ0n) is 11.4. The van der Waals surface area contributed by atoms with Crippen LogP contribution in [-0.4, -0.2) is 55.1 Å². The molecule has 18 heavy (non-hydrogen) atoms. The molecule has 2 rings (SSSR count). The molecular weight excluding hydrogens is 226 g/mol. The summed E-state index contributed by atoms with van der Waals surface area (Å²) < 4.78 is 0. The van der Waals surface area contributed by atoms with Crippen molar-refractivity contribution in [1.29, 1.82) is 0 Å². The first-order valence-electron chi connectivity index (χ1n) is 7.19. The zero-order valence-corrected chi connectivity index (χ0v) is 11.4. The molecule has 1 fully saturated rings. The Morgan fingerprint density at radius 3 is 2.67 bits per heavy atom. The van der Waals surface area contributed by atoms with Crippen molar-refractivity contribution in [2.75, 3.05) is 39.3 Å². The molecule has 2 aliphatic rings. The zero-order chi connectivity index (χ0) is 12.8. The Labute approximate surface area is 110 Å². The summed E-state index contributed by atoms with van der Waals surface area (Å²) in [5.41, 5.74) is 0. The molecule has 1 atom stereocenters. The fourth-order valence-electron chi connectivity index (χ4n) is 2.65. The van der Waals surface area contributed by atoms with Gasteiger partial charge in [-0.1, -0.05) is 19.1 Å². The highest BCUT2D eigenvalue weighted by molar-refractivity contribution is 5.74. The topological polar surface area (TPSA) is 35.6 Å². The summed E-state index contributed by atoms with van der Waals surface area (Å²) in [7, 11) is 0. The van der Waals surface area contributed by atoms with E-state index < -0.39 is 0 Å². The van der Waals surface area contributed by atoms with Crippen LogP contribution in [0.25, 0.3) is 0 Å². The molecule has 0 spiro atoms. The largest absolute Gasteiger partial charge is 0.338 e. The van der Waals surface area contributed by atoms with Crippen molar-refractivity contribution in [2.24, 2.45) is 5.92 Å². The van der Waals surface area contributed by atoms with Crippen molar-refractivity contribution in [3.8, 4) is 0 Å². The molecule has 1 unspecified atom stereocenters. The van der Waals surface area contributed by atoms with E-state index in [-0.39, 0.29) is 6.03 Å². The van der Waals surface area contributed by atoms with Crippen LogP contribution in [0.15, 0.2) is 12.2 Å². The number of nitrogens with zero attached hydrogens (tertiary/aromatic N) is 2. The Morgan fingerprint density at radius 2 is 2.06 bits per heavy atom. The Morgan fingerprint density at radius 1 is 1.28 bits per heavy atom. The van der Waals surface area contributed by atoms with Crippen LogP contribution >= 0.6 is 0 Å². The standard InChI is InChI=1S/C14H25N3O/c1-2-16-8-10-17(11-9-16)14(18)15-12-13-6-4-3-5-7-13/h3-4,13H,2,5-12H2,1H3,(H,15,18). The maximum absolute atomic E-state index is 12.0. The summed E-state index contributed by atoms with van der Waals surface area (Å²) in [6.07, 6.45) is 7.96. The fourth-order valence-corrected chi connectivity index (χ4v) is 2.65. The van der Waals surface area contributed by atoms with Gasteiger partial charge in [-0.25, -0.2) is 4.79 Å². The lowest BCUT2D eigenvalue weighted by molar-refractivity contribution is 0.142. The van der Waals surface area contributed by atoms with Gasteiger partial charge in [-0.2, -0.15) is 0 Å². The molecular formula is C14H25N3O. The van der Waals surface area contributed by atoms with Crippen molar-refractivity contribution >= 4 is 6.03 Å². The lowest BCUT2D eigenvalue weighted by atomic mass is 9.94. The molecule has 0 aromatic heterocycles. The number of carbonyl (C=O) groups excluding carboxylic acids is 1. The van der Waals surface area contributed by atoms with Crippen LogP contribution in [0.3, 0.4) is 0 Å². The minimum Gasteiger partial charge on any atom is -0.338 e. The number of carbonyl (C=O) groups is 1. The quantitative estimate of drug-likeness (QED) is 0.775. The van der Waals surface area contributed by atoms with E-state index in [0.29, 0.717) is 5.92 Å². The van der Waals surface area contributed by atoms with Gasteiger partial charge in [-0.3, -0.25) is 0 Å². The molecule has 1 N–H and O–H groups in total. The molecule has 4 nitrogen and oxygen atoms in total. The normalized spacial score (nSPS) is 25.2. The predicted molar refractivity (Wildman–Crippen MR) is 73.6 cm³/mol. The van der Waals surface area contributed by atoms with E-state index in [4.69, 9.17) is 0 Å². The number of rotatable bonds is 3. The summed E-state index contributed by atoms with van der Waals surface area (Å²) in [4.78, 5) is 16.3. The van der Waals surface area contributed by atoms with E-state index in [1.54, 1.807) is 0 Å². The van der Waals surface area contributed by atoms with Gasteiger partial charge in [0.05, 0.1) is 0 Å². The highest BCUT2D eigenvalue weighted by Crippen LogP contribution is 2.17. The fraction of sp³-hybridized carbons (Fsp3) is 0.786. The second-order valence-electron chi connectivity index (χ2n) is 5.26. The molecule has 1 aliphatic heterocycles. The number of hydrogen-bond acceptors (Lipinski definition) is 2. The van der Waals surface area contributed by atoms with E-state index >= 15 is 0 Å². The average molecular weight is 251 g/mol. The third-order valence-electron chi connectivity index (χ3n) is 4.03. The van der Waals surface area contributed by atoms with Crippen molar-refractivity contribution < 1.29 is 4.79 Å². The monoisotopic (exact) mass is 251 g/mol. The van der Waals surface area contributed by atoms with Crippen LogP contribution in [0.1, 0.15) is 26.2 Å². The second-order valence-corrected chi connectivity index (χ2v) is 5.26. The molecule has 102 valence electrons. The number of hydrogen-bond donors (Lipinski definition) is 1. The third-order valence-corrected chi connectivity index (χ3v) is 4.03. The Kier molecular flexibility index (Phi) is 5.05. The number of nitrogens with one attached hydrogen (secondary N) is 1. The first-order valence-corrected chi connectivity index (χ1v) is 7.19. The second kappa shape index (κ2) is 6.78. The molecule has 1 aliphatic carbocycles. The molecule has 0 bridgehead atoms. The van der Waals surface area contributed by atoms with Gasteiger partial charge in [0.1, 0.15) is 0 Å². The first-order chi connectivity index (χ1) is 8.79. The van der Waals surface area contributed by atoms with Crippen LogP contribution in [-0.2, 0) is 0 Å². The van der Waals surface area contributed by atoms with Crippen molar-refractivity contribution in [2.45, 2.75) is 26.2 Å². The predicted octanol–water partition coefficient (Wildman–Crippen LogP) is 1.69. The van der Waals surface area contributed by atoms with E-state index in [9.17, 15) is 4.79 Å². The van der Waals surface area contributed by atoms with Gasteiger partial charge in [0.2, 0.25) is 0 Å². The van der Waals surface area contributed by atoms with E-state index in [2.05, 4.69) is 29.3 Å². The van der Waals surface area contributed by atoms with Gasteiger partial charge >= 0.3 is 6.03 Å². The van der Waals surface area contributed by atoms with E-state index in [0.717, 1.165) is 52.1 Å². The molecule has 0 aromatic carbocycles. The summed E-state index contributed by atoms with van der Waals surface area (Å²) in [6.45, 7) is 7.84. The molecule has 0 saturated carbocycles. The molecule has 4 heteroatoms. The van der Waals surface area contributed by atoms with E-state index in [1.165, 1.54) is 6.42 Å². The van der Waals surface area contributed by atoms with Gasteiger partial charge in [-0.15, -0.1) is 0 Å². The molecule has 2 amide bonds. The first kappa shape index (κ1) is 13.4. The van der Waals surface area contributed by atoms with Crippen LogP contribution < -0.4 is 5.32 Å². The molecule has 1 heterocycles. The van der Waals surface area contributed by atoms with Crippen molar-refractivity contribution in [3.05, 3.63) is 12.2 Å². The number of allylic oxidation sites excluding steroid dienone is 2.